The number of hydrogen-bond acceptors (Lipinski definition) is 4. The monoisotopic (exact) mass is 429 g/mol. The minimum Gasteiger partial charge on any atom is -0.284 e. The molecule has 1 aliphatic rings. The van der Waals surface area contributed by atoms with Crippen LogP contribution >= 0.6 is 0 Å². The lowest BCUT2D eigenvalue weighted by molar-refractivity contribution is 0.627. The van der Waals surface area contributed by atoms with Gasteiger partial charge in [-0.25, -0.2) is 19.0 Å². The van der Waals surface area contributed by atoms with Gasteiger partial charge in [-0.15, -0.1) is 0 Å². The molecule has 32 heavy (non-hydrogen) atoms. The van der Waals surface area contributed by atoms with Gasteiger partial charge >= 0.3 is 0 Å². The number of halogens is 1. The van der Waals surface area contributed by atoms with Gasteiger partial charge in [-0.05, 0) is 49.6 Å². The van der Waals surface area contributed by atoms with E-state index in [1.165, 1.54) is 17.7 Å². The average Bonchev–Trinajstić information content (AvgIpc) is 3.15. The summed E-state index contributed by atoms with van der Waals surface area (Å²) >= 11 is 0. The quantitative estimate of drug-likeness (QED) is 0.433. The number of hydrogen-bond donors (Lipinski definition) is 0. The zero-order chi connectivity index (χ0) is 22.5. The van der Waals surface area contributed by atoms with Crippen LogP contribution in [0.2, 0.25) is 0 Å². The fraction of sp³-hybridized carbons (Fsp3) is 0.308. The Morgan fingerprint density at radius 1 is 1.03 bits per heavy atom. The normalized spacial score (nSPS) is 13.9. The highest BCUT2D eigenvalue weighted by Gasteiger charge is 2.20. The lowest BCUT2D eigenvalue weighted by atomic mass is 9.99. The van der Waals surface area contributed by atoms with Gasteiger partial charge in [-0.2, -0.15) is 5.10 Å². The van der Waals surface area contributed by atoms with Crippen LogP contribution in [-0.2, 0) is 13.0 Å². The van der Waals surface area contributed by atoms with Gasteiger partial charge in [0.2, 0.25) is 0 Å². The molecule has 0 atom stereocenters. The molecule has 5 nitrogen and oxygen atoms in total. The van der Waals surface area contributed by atoms with Crippen molar-refractivity contribution < 1.29 is 4.39 Å². The molecule has 0 fully saturated rings. The fourth-order valence-corrected chi connectivity index (χ4v) is 3.83. The predicted molar refractivity (Wildman–Crippen MR) is 127 cm³/mol. The maximum Gasteiger partial charge on any atom is 0.127 e. The Hall–Kier alpha value is -3.41. The van der Waals surface area contributed by atoms with Crippen LogP contribution in [-0.4, -0.2) is 25.5 Å². The van der Waals surface area contributed by atoms with E-state index in [1.54, 1.807) is 12.1 Å². The third-order valence-electron chi connectivity index (χ3n) is 5.70. The van der Waals surface area contributed by atoms with Gasteiger partial charge in [0, 0.05) is 41.2 Å². The van der Waals surface area contributed by atoms with Crippen molar-refractivity contribution in [2.24, 2.45) is 4.99 Å². The van der Waals surface area contributed by atoms with Crippen molar-refractivity contribution >= 4 is 17.4 Å². The molecule has 0 amide bonds. The van der Waals surface area contributed by atoms with E-state index in [4.69, 9.17) is 4.99 Å². The van der Waals surface area contributed by atoms with E-state index in [9.17, 15) is 4.39 Å². The molecule has 1 aliphatic carbocycles. The van der Waals surface area contributed by atoms with Crippen LogP contribution in [0.3, 0.4) is 0 Å². The summed E-state index contributed by atoms with van der Waals surface area (Å²) < 4.78 is 15.3. The number of aliphatic imine (C=N–C) groups is 1. The third kappa shape index (κ3) is 4.59. The highest BCUT2D eigenvalue weighted by molar-refractivity contribution is 6.24. The molecule has 0 radical (unpaired) electrons. The van der Waals surface area contributed by atoms with Crippen LogP contribution in [0, 0.1) is 5.82 Å². The topological polar surface area (TPSA) is 56.0 Å². The van der Waals surface area contributed by atoms with Crippen molar-refractivity contribution in [1.82, 2.24) is 19.7 Å². The van der Waals surface area contributed by atoms with Gasteiger partial charge in [-0.3, -0.25) is 4.99 Å². The third-order valence-corrected chi connectivity index (χ3v) is 5.70. The summed E-state index contributed by atoms with van der Waals surface area (Å²) in [5.74, 6) is 0.588. The standard InChI is InChI=1S/C26H28FN5/c1-4-18-7-12-22(24(5-2)28-14-19-15-29-26(6-3)30-16-19)23-17-31-32(25(23)13-18)21-10-8-20(27)9-11-21/h8-13,15-17H,4-7,14H2,1-3H3. The van der Waals surface area contributed by atoms with Gasteiger partial charge < -0.3 is 0 Å². The number of aromatic nitrogens is 4. The molecule has 0 saturated carbocycles. The lowest BCUT2D eigenvalue weighted by Crippen LogP contribution is -2.04. The van der Waals surface area contributed by atoms with E-state index in [0.29, 0.717) is 6.54 Å². The molecular weight excluding hydrogens is 401 g/mol. The summed E-state index contributed by atoms with van der Waals surface area (Å²) in [6.45, 7) is 6.88. The Labute approximate surface area is 188 Å². The predicted octanol–water partition coefficient (Wildman–Crippen LogP) is 6.00. The van der Waals surface area contributed by atoms with E-state index < -0.39 is 0 Å². The van der Waals surface area contributed by atoms with Crippen molar-refractivity contribution in [1.29, 1.82) is 0 Å². The summed E-state index contributed by atoms with van der Waals surface area (Å²) in [5, 5.41) is 4.65. The first-order valence-electron chi connectivity index (χ1n) is 11.2. The van der Waals surface area contributed by atoms with Gasteiger partial charge in [0.25, 0.3) is 0 Å². The van der Waals surface area contributed by atoms with E-state index >= 15 is 0 Å². The van der Waals surface area contributed by atoms with E-state index in [2.05, 4.69) is 41.1 Å². The molecule has 0 unspecified atom stereocenters. The van der Waals surface area contributed by atoms with Crippen molar-refractivity contribution in [3.05, 3.63) is 83.0 Å². The first-order valence-corrected chi connectivity index (χ1v) is 11.2. The zero-order valence-electron chi connectivity index (χ0n) is 18.8. The van der Waals surface area contributed by atoms with Crippen molar-refractivity contribution in [3.63, 3.8) is 0 Å². The smallest absolute Gasteiger partial charge is 0.127 e. The summed E-state index contributed by atoms with van der Waals surface area (Å²) in [4.78, 5) is 13.7. The van der Waals surface area contributed by atoms with Gasteiger partial charge in [0.05, 0.1) is 24.1 Å². The van der Waals surface area contributed by atoms with Crippen LogP contribution in [0.4, 0.5) is 4.39 Å². The van der Waals surface area contributed by atoms with E-state index in [1.807, 2.05) is 30.2 Å². The molecule has 1 aromatic carbocycles. The summed E-state index contributed by atoms with van der Waals surface area (Å²) in [6, 6.07) is 6.44. The van der Waals surface area contributed by atoms with Gasteiger partial charge in [0.15, 0.2) is 0 Å². The minimum absolute atomic E-state index is 0.256. The molecule has 2 aromatic heterocycles. The first-order chi connectivity index (χ1) is 15.6. The Morgan fingerprint density at radius 3 is 2.44 bits per heavy atom. The number of allylic oxidation sites excluding steroid dienone is 3. The number of aryl methyl sites for hydroxylation is 1. The molecule has 0 saturated heterocycles. The number of nitrogens with zero attached hydrogens (tertiary/aromatic N) is 5. The van der Waals surface area contributed by atoms with Crippen molar-refractivity contribution in [2.75, 3.05) is 0 Å². The molecule has 2 heterocycles. The van der Waals surface area contributed by atoms with Crippen LogP contribution in [0.25, 0.3) is 17.3 Å². The SMILES string of the molecule is CCC1=Cc2c(cnn2-c2ccc(F)cc2)C(C(CC)=NCc2cnc(CC)nc2)=CC1. The minimum atomic E-state index is -0.256. The highest BCUT2D eigenvalue weighted by atomic mass is 19.1. The number of rotatable bonds is 7. The molecule has 4 rings (SSSR count). The maximum atomic E-state index is 13.5. The molecule has 0 bridgehead atoms. The first kappa shape index (κ1) is 21.8. The Morgan fingerprint density at radius 2 is 1.78 bits per heavy atom. The van der Waals surface area contributed by atoms with E-state index in [-0.39, 0.29) is 5.82 Å². The molecule has 6 heteroatoms. The second-order valence-corrected chi connectivity index (χ2v) is 7.79. The molecule has 3 aromatic rings. The van der Waals surface area contributed by atoms with Crippen LogP contribution in [0.1, 0.15) is 62.7 Å². The summed E-state index contributed by atoms with van der Waals surface area (Å²) in [7, 11) is 0. The molecule has 0 spiro atoms. The maximum absolute atomic E-state index is 13.5. The molecular formula is C26H28FN5. The zero-order valence-corrected chi connectivity index (χ0v) is 18.8. The van der Waals surface area contributed by atoms with Crippen LogP contribution < -0.4 is 0 Å². The second kappa shape index (κ2) is 9.81. The second-order valence-electron chi connectivity index (χ2n) is 7.79. The van der Waals surface area contributed by atoms with Crippen LogP contribution in [0.15, 0.2) is 59.5 Å². The lowest BCUT2D eigenvalue weighted by Gasteiger charge is -2.10. The molecule has 0 aliphatic heterocycles. The van der Waals surface area contributed by atoms with Gasteiger partial charge in [-0.1, -0.05) is 32.4 Å². The largest absolute Gasteiger partial charge is 0.284 e. The summed E-state index contributed by atoms with van der Waals surface area (Å²) in [6.07, 6.45) is 13.5. The van der Waals surface area contributed by atoms with Crippen molar-refractivity contribution in [3.8, 4) is 5.69 Å². The number of benzene rings is 1. The molecule has 164 valence electrons. The Balaban J connectivity index is 1.71. The van der Waals surface area contributed by atoms with Crippen LogP contribution in [0.5, 0.6) is 0 Å². The Bertz CT molecular complexity index is 1170. The highest BCUT2D eigenvalue weighted by Crippen LogP contribution is 2.32. The Kier molecular flexibility index (Phi) is 6.69. The number of fused-ring (bicyclic) bond motifs is 1. The fourth-order valence-electron chi connectivity index (χ4n) is 3.83. The van der Waals surface area contributed by atoms with Gasteiger partial charge in [0.1, 0.15) is 11.6 Å². The molecule has 0 N–H and O–H groups in total. The average molecular weight is 430 g/mol. The summed E-state index contributed by atoms with van der Waals surface area (Å²) in [5.41, 5.74) is 7.37. The van der Waals surface area contributed by atoms with Crippen molar-refractivity contribution in [2.45, 2.75) is 53.0 Å². The van der Waals surface area contributed by atoms with E-state index in [0.717, 1.165) is 65.3 Å².